The number of rotatable bonds is 3. The standard InChI is InChI=1S/C12H12N6O2/c19-11(10-7-14-17-16-10)15-8-1-3-9(4-2-8)18-6-5-13-12(18)20/h1-4,7H,5-6H2,(H,13,20)(H,15,19)(H,14,16,17). The molecule has 1 aliphatic heterocycles. The fourth-order valence-corrected chi connectivity index (χ4v) is 1.95. The summed E-state index contributed by atoms with van der Waals surface area (Å²) in [5.41, 5.74) is 1.63. The van der Waals surface area contributed by atoms with Crippen LogP contribution < -0.4 is 15.5 Å². The number of aromatic nitrogens is 3. The number of aromatic amines is 1. The molecule has 2 aromatic rings. The molecule has 20 heavy (non-hydrogen) atoms. The first-order chi connectivity index (χ1) is 9.74. The van der Waals surface area contributed by atoms with Crippen LogP contribution in [0.3, 0.4) is 0 Å². The van der Waals surface area contributed by atoms with Crippen LogP contribution in [-0.2, 0) is 0 Å². The summed E-state index contributed by atoms with van der Waals surface area (Å²) in [6.07, 6.45) is 1.35. The molecule has 1 aromatic carbocycles. The van der Waals surface area contributed by atoms with Gasteiger partial charge in [-0.25, -0.2) is 4.79 Å². The fraction of sp³-hybridized carbons (Fsp3) is 0.167. The lowest BCUT2D eigenvalue weighted by Gasteiger charge is -2.14. The van der Waals surface area contributed by atoms with Gasteiger partial charge in [0, 0.05) is 24.5 Å². The Morgan fingerprint density at radius 2 is 2.10 bits per heavy atom. The van der Waals surface area contributed by atoms with Gasteiger partial charge in [0.1, 0.15) is 0 Å². The van der Waals surface area contributed by atoms with Crippen molar-refractivity contribution in [2.45, 2.75) is 0 Å². The van der Waals surface area contributed by atoms with E-state index in [-0.39, 0.29) is 17.6 Å². The highest BCUT2D eigenvalue weighted by Gasteiger charge is 2.20. The molecule has 0 saturated carbocycles. The van der Waals surface area contributed by atoms with Gasteiger partial charge in [0.05, 0.1) is 6.20 Å². The van der Waals surface area contributed by atoms with E-state index in [1.165, 1.54) is 6.20 Å². The minimum absolute atomic E-state index is 0.107. The molecule has 1 fully saturated rings. The van der Waals surface area contributed by atoms with Crippen LogP contribution in [-0.4, -0.2) is 40.4 Å². The second-order valence-electron chi connectivity index (χ2n) is 4.24. The van der Waals surface area contributed by atoms with Crippen LogP contribution in [0.4, 0.5) is 16.2 Å². The number of H-pyrrole nitrogens is 1. The maximum atomic E-state index is 11.8. The number of nitrogens with one attached hydrogen (secondary N) is 3. The fourth-order valence-electron chi connectivity index (χ4n) is 1.95. The van der Waals surface area contributed by atoms with Crippen molar-refractivity contribution in [2.75, 3.05) is 23.3 Å². The Balaban J connectivity index is 1.70. The van der Waals surface area contributed by atoms with Gasteiger partial charge < -0.3 is 10.6 Å². The van der Waals surface area contributed by atoms with Gasteiger partial charge in [0.15, 0.2) is 5.69 Å². The van der Waals surface area contributed by atoms with Gasteiger partial charge in [-0.15, -0.1) is 0 Å². The van der Waals surface area contributed by atoms with Crippen molar-refractivity contribution in [2.24, 2.45) is 0 Å². The summed E-state index contributed by atoms with van der Waals surface area (Å²) >= 11 is 0. The number of urea groups is 1. The smallest absolute Gasteiger partial charge is 0.321 e. The van der Waals surface area contributed by atoms with Crippen molar-refractivity contribution in [1.82, 2.24) is 20.7 Å². The van der Waals surface area contributed by atoms with Crippen LogP contribution in [0.5, 0.6) is 0 Å². The van der Waals surface area contributed by atoms with Gasteiger partial charge >= 0.3 is 6.03 Å². The molecule has 1 aliphatic rings. The van der Waals surface area contributed by atoms with Gasteiger partial charge in [0.25, 0.3) is 5.91 Å². The number of hydrogen-bond donors (Lipinski definition) is 3. The van der Waals surface area contributed by atoms with E-state index < -0.39 is 0 Å². The van der Waals surface area contributed by atoms with Gasteiger partial charge in [-0.05, 0) is 24.3 Å². The van der Waals surface area contributed by atoms with Crippen LogP contribution in [0.2, 0.25) is 0 Å². The molecule has 102 valence electrons. The number of amides is 3. The number of carbonyl (C=O) groups excluding carboxylic acids is 2. The van der Waals surface area contributed by atoms with Crippen molar-refractivity contribution >= 4 is 23.3 Å². The van der Waals surface area contributed by atoms with Gasteiger partial charge in [-0.2, -0.15) is 15.4 Å². The predicted octanol–water partition coefficient (Wildman–Crippen LogP) is 0.587. The quantitative estimate of drug-likeness (QED) is 0.760. The van der Waals surface area contributed by atoms with Crippen LogP contribution in [0.1, 0.15) is 10.5 Å². The zero-order valence-electron chi connectivity index (χ0n) is 10.5. The molecule has 0 aliphatic carbocycles. The van der Waals surface area contributed by atoms with E-state index in [1.54, 1.807) is 29.2 Å². The number of benzene rings is 1. The maximum absolute atomic E-state index is 11.8. The molecule has 0 radical (unpaired) electrons. The predicted molar refractivity (Wildman–Crippen MR) is 71.5 cm³/mol. The molecule has 0 bridgehead atoms. The Morgan fingerprint density at radius 3 is 2.70 bits per heavy atom. The van der Waals surface area contributed by atoms with Crippen molar-refractivity contribution in [3.63, 3.8) is 0 Å². The molecule has 3 amide bonds. The van der Waals surface area contributed by atoms with E-state index in [9.17, 15) is 9.59 Å². The Bertz CT molecular complexity index is 622. The molecule has 2 heterocycles. The number of anilines is 2. The van der Waals surface area contributed by atoms with E-state index in [4.69, 9.17) is 0 Å². The lowest BCUT2D eigenvalue weighted by Crippen LogP contribution is -2.27. The van der Waals surface area contributed by atoms with Crippen LogP contribution in [0.25, 0.3) is 0 Å². The Labute approximate surface area is 114 Å². The molecule has 0 spiro atoms. The zero-order chi connectivity index (χ0) is 13.9. The lowest BCUT2D eigenvalue weighted by atomic mass is 10.2. The first kappa shape index (κ1) is 12.2. The van der Waals surface area contributed by atoms with Crippen molar-refractivity contribution < 1.29 is 9.59 Å². The zero-order valence-corrected chi connectivity index (χ0v) is 10.5. The van der Waals surface area contributed by atoms with E-state index in [0.717, 1.165) is 5.69 Å². The van der Waals surface area contributed by atoms with Crippen molar-refractivity contribution in [3.05, 3.63) is 36.2 Å². The molecule has 8 heteroatoms. The van der Waals surface area contributed by atoms with E-state index >= 15 is 0 Å². The van der Waals surface area contributed by atoms with Crippen LogP contribution in [0, 0.1) is 0 Å². The summed E-state index contributed by atoms with van der Waals surface area (Å²) in [6, 6.07) is 6.93. The summed E-state index contributed by atoms with van der Waals surface area (Å²) in [5, 5.41) is 15.1. The van der Waals surface area contributed by atoms with Gasteiger partial charge in [0.2, 0.25) is 0 Å². The highest BCUT2D eigenvalue weighted by molar-refractivity contribution is 6.02. The Morgan fingerprint density at radius 1 is 1.30 bits per heavy atom. The maximum Gasteiger partial charge on any atom is 0.321 e. The highest BCUT2D eigenvalue weighted by Crippen LogP contribution is 2.19. The SMILES string of the molecule is O=C(Nc1ccc(N2CCNC2=O)cc1)c1cn[nH]n1. The lowest BCUT2D eigenvalue weighted by molar-refractivity contribution is 0.102. The normalized spacial score (nSPS) is 14.2. The largest absolute Gasteiger partial charge is 0.336 e. The first-order valence-electron chi connectivity index (χ1n) is 6.06. The summed E-state index contributed by atoms with van der Waals surface area (Å²) in [5.74, 6) is -0.342. The van der Waals surface area contributed by atoms with E-state index in [2.05, 4.69) is 26.0 Å². The van der Waals surface area contributed by atoms with Crippen molar-refractivity contribution in [3.8, 4) is 0 Å². The number of nitrogens with zero attached hydrogens (tertiary/aromatic N) is 3. The average Bonchev–Trinajstić information content (AvgIpc) is 3.11. The average molecular weight is 272 g/mol. The monoisotopic (exact) mass is 272 g/mol. The Hall–Kier alpha value is -2.90. The molecule has 8 nitrogen and oxygen atoms in total. The molecular formula is C12H12N6O2. The summed E-state index contributed by atoms with van der Waals surface area (Å²) in [7, 11) is 0. The van der Waals surface area contributed by atoms with Crippen LogP contribution in [0.15, 0.2) is 30.5 Å². The third kappa shape index (κ3) is 2.30. The molecular weight excluding hydrogens is 260 g/mol. The third-order valence-corrected chi connectivity index (χ3v) is 2.94. The Kier molecular flexibility index (Phi) is 3.04. The molecule has 0 unspecified atom stereocenters. The molecule has 0 atom stereocenters. The molecule has 3 rings (SSSR count). The second kappa shape index (κ2) is 5.00. The molecule has 3 N–H and O–H groups in total. The topological polar surface area (TPSA) is 103 Å². The second-order valence-corrected chi connectivity index (χ2v) is 4.24. The van der Waals surface area contributed by atoms with Gasteiger partial charge in [-0.3, -0.25) is 9.69 Å². The summed E-state index contributed by atoms with van der Waals surface area (Å²) in [4.78, 5) is 24.9. The summed E-state index contributed by atoms with van der Waals surface area (Å²) in [6.45, 7) is 1.28. The van der Waals surface area contributed by atoms with Gasteiger partial charge in [-0.1, -0.05) is 0 Å². The van der Waals surface area contributed by atoms with Crippen molar-refractivity contribution in [1.29, 1.82) is 0 Å². The minimum Gasteiger partial charge on any atom is -0.336 e. The first-order valence-corrected chi connectivity index (χ1v) is 6.06. The highest BCUT2D eigenvalue weighted by atomic mass is 16.2. The van der Waals surface area contributed by atoms with Crippen LogP contribution >= 0.6 is 0 Å². The minimum atomic E-state index is -0.342. The number of carbonyl (C=O) groups is 2. The molecule has 1 saturated heterocycles. The third-order valence-electron chi connectivity index (χ3n) is 2.94. The van der Waals surface area contributed by atoms with E-state index in [0.29, 0.717) is 18.8 Å². The number of hydrogen-bond acceptors (Lipinski definition) is 4. The summed E-state index contributed by atoms with van der Waals surface area (Å²) < 4.78 is 0. The molecule has 1 aromatic heterocycles. The van der Waals surface area contributed by atoms with E-state index in [1.807, 2.05) is 0 Å².